The van der Waals surface area contributed by atoms with Gasteiger partial charge in [-0.3, -0.25) is 0 Å². The first-order chi connectivity index (χ1) is 11.4. The zero-order valence-corrected chi connectivity index (χ0v) is 13.8. The molecule has 0 heterocycles. The minimum Gasteiger partial charge on any atom is -0.0537 e. The van der Waals surface area contributed by atoms with Gasteiger partial charge in [0.05, 0.1) is 0 Å². The van der Waals surface area contributed by atoms with E-state index < -0.39 is 0 Å². The zero-order valence-electron chi connectivity index (χ0n) is 13.8. The predicted molar refractivity (Wildman–Crippen MR) is 94.2 cm³/mol. The molecular weight excluding hydrogens is 276 g/mol. The molecule has 0 amide bonds. The first-order valence-corrected chi connectivity index (χ1v) is 9.38. The van der Waals surface area contributed by atoms with E-state index in [-0.39, 0.29) is 5.41 Å². The molecule has 2 radical (unpaired) electrons. The molecule has 23 heavy (non-hydrogen) atoms. The van der Waals surface area contributed by atoms with Crippen molar-refractivity contribution in [1.29, 1.82) is 0 Å². The normalized spacial score (nSPS) is 27.8. The molecule has 2 aromatic carbocycles. The van der Waals surface area contributed by atoms with Crippen molar-refractivity contribution in [1.82, 2.24) is 0 Å². The van der Waals surface area contributed by atoms with Gasteiger partial charge in [-0.25, -0.2) is 0 Å². The van der Waals surface area contributed by atoms with Crippen molar-refractivity contribution in [3.8, 4) is 11.1 Å². The van der Waals surface area contributed by atoms with Gasteiger partial charge in [0.25, 0.3) is 0 Å². The Morgan fingerprint density at radius 2 is 1.22 bits per heavy atom. The van der Waals surface area contributed by atoms with Crippen LogP contribution in [-0.2, 0) is 5.41 Å². The van der Waals surface area contributed by atoms with E-state index in [0.717, 1.165) is 11.8 Å². The van der Waals surface area contributed by atoms with Gasteiger partial charge in [-0.05, 0) is 71.2 Å². The van der Waals surface area contributed by atoms with Gasteiger partial charge in [-0.15, -0.1) is 0 Å². The van der Waals surface area contributed by atoms with E-state index in [4.69, 9.17) is 0 Å². The fraction of sp³-hybridized carbons (Fsp3) is 0.478. The standard InChI is InChI=1S/C23H24/c1-3-13-21-19(11-1)20-12-2-4-14-22(20)23(21)15-17-7-5-8-18(16-23)10-6-9-17/h1-2,11-14,17-18H,5-10,15-16H2. The van der Waals surface area contributed by atoms with Crippen molar-refractivity contribution in [3.63, 3.8) is 0 Å². The Bertz CT molecular complexity index is 655. The van der Waals surface area contributed by atoms with Crippen molar-refractivity contribution >= 4 is 0 Å². The van der Waals surface area contributed by atoms with E-state index in [1.165, 1.54) is 62.5 Å². The molecule has 0 saturated heterocycles. The number of rotatable bonds is 0. The highest BCUT2D eigenvalue weighted by atomic mass is 14.5. The minimum absolute atomic E-state index is 0.246. The van der Waals surface area contributed by atoms with Crippen LogP contribution >= 0.6 is 0 Å². The van der Waals surface area contributed by atoms with Gasteiger partial charge in [0, 0.05) is 5.41 Å². The topological polar surface area (TPSA) is 0 Å². The Labute approximate surface area is 139 Å². The first kappa shape index (κ1) is 13.8. The van der Waals surface area contributed by atoms with Gasteiger partial charge in [-0.1, -0.05) is 62.8 Å². The first-order valence-electron chi connectivity index (χ1n) is 9.38. The number of hydrogen-bond acceptors (Lipinski definition) is 0. The quantitative estimate of drug-likeness (QED) is 0.565. The number of fused-ring (bicyclic) bond motifs is 7. The second kappa shape index (κ2) is 5.23. The van der Waals surface area contributed by atoms with E-state index >= 15 is 0 Å². The summed E-state index contributed by atoms with van der Waals surface area (Å²) in [5, 5.41) is 0. The Morgan fingerprint density at radius 3 is 1.70 bits per heavy atom. The lowest BCUT2D eigenvalue weighted by molar-refractivity contribution is 0.187. The third kappa shape index (κ3) is 2.04. The molecule has 0 heteroatoms. The summed E-state index contributed by atoms with van der Waals surface area (Å²) in [6, 6.07) is 20.1. The Kier molecular flexibility index (Phi) is 3.15. The summed E-state index contributed by atoms with van der Waals surface area (Å²) in [4.78, 5) is 0. The molecule has 0 aliphatic heterocycles. The van der Waals surface area contributed by atoms with Crippen LogP contribution in [0.1, 0.15) is 62.5 Å². The van der Waals surface area contributed by atoms with Crippen LogP contribution in [0.15, 0.2) is 36.4 Å². The van der Waals surface area contributed by atoms with Crippen LogP contribution in [0.2, 0.25) is 0 Å². The van der Waals surface area contributed by atoms with E-state index in [9.17, 15) is 0 Å². The van der Waals surface area contributed by atoms with Gasteiger partial charge in [0.1, 0.15) is 0 Å². The van der Waals surface area contributed by atoms with E-state index in [1.807, 2.05) is 0 Å². The van der Waals surface area contributed by atoms with E-state index in [2.05, 4.69) is 48.5 Å². The largest absolute Gasteiger partial charge is 0.0537 e. The summed E-state index contributed by atoms with van der Waals surface area (Å²) in [5.41, 5.74) is 6.30. The third-order valence-corrected chi connectivity index (χ3v) is 6.77. The highest BCUT2D eigenvalue weighted by Crippen LogP contribution is 2.57. The lowest BCUT2D eigenvalue weighted by atomic mass is 9.61. The van der Waals surface area contributed by atoms with Crippen LogP contribution < -0.4 is 0 Å². The molecule has 2 bridgehead atoms. The summed E-state index contributed by atoms with van der Waals surface area (Å²) in [5.74, 6) is 1.80. The molecule has 0 N–H and O–H groups in total. The molecule has 3 fully saturated rings. The summed E-state index contributed by atoms with van der Waals surface area (Å²) in [7, 11) is 0. The lowest BCUT2D eigenvalue weighted by Gasteiger charge is -2.42. The summed E-state index contributed by atoms with van der Waals surface area (Å²) in [6.45, 7) is 0. The summed E-state index contributed by atoms with van der Waals surface area (Å²) in [6.07, 6.45) is 11.4. The molecule has 0 unspecified atom stereocenters. The van der Waals surface area contributed by atoms with Gasteiger partial charge >= 0.3 is 0 Å². The van der Waals surface area contributed by atoms with Crippen LogP contribution in [0.3, 0.4) is 0 Å². The maximum atomic E-state index is 3.39. The summed E-state index contributed by atoms with van der Waals surface area (Å²) < 4.78 is 0. The molecule has 1 spiro atoms. The number of hydrogen-bond donors (Lipinski definition) is 0. The monoisotopic (exact) mass is 300 g/mol. The molecule has 2 aromatic rings. The smallest absolute Gasteiger partial charge is 0.0220 e. The molecule has 3 saturated carbocycles. The van der Waals surface area contributed by atoms with Crippen LogP contribution in [0.25, 0.3) is 11.1 Å². The van der Waals surface area contributed by atoms with Gasteiger partial charge in [-0.2, -0.15) is 0 Å². The predicted octanol–water partition coefficient (Wildman–Crippen LogP) is 5.93. The molecule has 0 atom stereocenters. The SMILES string of the molecule is [c]1ccc2c(c1)C1(CC3CCCC(CCC3)C1)c1c[c]ccc1-2. The fourth-order valence-corrected chi connectivity index (χ4v) is 5.86. The zero-order chi connectivity index (χ0) is 15.3. The van der Waals surface area contributed by atoms with Gasteiger partial charge in [0.2, 0.25) is 0 Å². The average molecular weight is 300 g/mol. The summed E-state index contributed by atoms with van der Waals surface area (Å²) >= 11 is 0. The highest BCUT2D eigenvalue weighted by molar-refractivity contribution is 5.80. The fourth-order valence-electron chi connectivity index (χ4n) is 5.86. The van der Waals surface area contributed by atoms with Crippen LogP contribution in [0.5, 0.6) is 0 Å². The molecule has 4 aliphatic rings. The molecular formula is C23H24. The Balaban J connectivity index is 1.74. The minimum atomic E-state index is 0.246. The Hall–Kier alpha value is -1.56. The second-order valence-electron chi connectivity index (χ2n) is 8.03. The van der Waals surface area contributed by atoms with Crippen molar-refractivity contribution in [2.24, 2.45) is 11.8 Å². The molecule has 6 rings (SSSR count). The molecule has 116 valence electrons. The van der Waals surface area contributed by atoms with Gasteiger partial charge in [0.15, 0.2) is 0 Å². The average Bonchev–Trinajstić information content (AvgIpc) is 2.80. The van der Waals surface area contributed by atoms with Crippen LogP contribution in [0, 0.1) is 24.0 Å². The van der Waals surface area contributed by atoms with E-state index in [1.54, 1.807) is 11.1 Å². The molecule has 0 aromatic heterocycles. The number of benzene rings is 2. The Morgan fingerprint density at radius 1 is 0.739 bits per heavy atom. The third-order valence-electron chi connectivity index (χ3n) is 6.77. The van der Waals surface area contributed by atoms with Crippen molar-refractivity contribution < 1.29 is 0 Å². The maximum Gasteiger partial charge on any atom is 0.0220 e. The maximum absolute atomic E-state index is 3.39. The van der Waals surface area contributed by atoms with Crippen LogP contribution in [0.4, 0.5) is 0 Å². The second-order valence-corrected chi connectivity index (χ2v) is 8.03. The van der Waals surface area contributed by atoms with E-state index in [0.29, 0.717) is 0 Å². The van der Waals surface area contributed by atoms with Crippen LogP contribution in [-0.4, -0.2) is 0 Å². The molecule has 0 nitrogen and oxygen atoms in total. The van der Waals surface area contributed by atoms with Crippen molar-refractivity contribution in [2.45, 2.75) is 56.8 Å². The lowest BCUT2D eigenvalue weighted by Crippen LogP contribution is -2.34. The van der Waals surface area contributed by atoms with Crippen molar-refractivity contribution in [3.05, 3.63) is 59.7 Å². The van der Waals surface area contributed by atoms with Crippen molar-refractivity contribution in [2.75, 3.05) is 0 Å². The molecule has 4 aliphatic carbocycles. The highest BCUT2D eigenvalue weighted by Gasteiger charge is 2.46. The van der Waals surface area contributed by atoms with Gasteiger partial charge < -0.3 is 0 Å².